The first-order valence-corrected chi connectivity index (χ1v) is 10.1. The number of carboxylic acid groups (broad SMARTS) is 1. The van der Waals surface area contributed by atoms with Crippen molar-refractivity contribution in [3.05, 3.63) is 29.3 Å². The number of carboxylic acids is 1. The molecule has 0 aromatic heterocycles. The largest absolute Gasteiger partial charge is 0.496 e. The summed E-state index contributed by atoms with van der Waals surface area (Å²) in [6.07, 6.45) is -4.25. The number of nitrogens with one attached hydrogen (secondary N) is 1. The Kier molecular flexibility index (Phi) is 8.37. The summed E-state index contributed by atoms with van der Waals surface area (Å²) >= 11 is 0. The van der Waals surface area contributed by atoms with Gasteiger partial charge < -0.3 is 35.8 Å². The van der Waals surface area contributed by atoms with E-state index in [2.05, 4.69) is 5.32 Å². The molecule has 1 aliphatic heterocycles. The summed E-state index contributed by atoms with van der Waals surface area (Å²) in [6.45, 7) is 3.85. The van der Waals surface area contributed by atoms with Gasteiger partial charge in [0, 0.05) is 12.5 Å². The fraction of sp³-hybridized carbons (Fsp3) is 0.571. The van der Waals surface area contributed by atoms with Crippen molar-refractivity contribution in [2.24, 2.45) is 11.7 Å². The second-order valence-corrected chi connectivity index (χ2v) is 8.08. The van der Waals surface area contributed by atoms with Gasteiger partial charge in [-0.15, -0.1) is 0 Å². The Bertz CT molecular complexity index is 813. The van der Waals surface area contributed by atoms with Crippen LogP contribution in [0.4, 0.5) is 0 Å². The molecule has 2 rings (SSSR count). The van der Waals surface area contributed by atoms with Crippen LogP contribution in [0.3, 0.4) is 0 Å². The van der Waals surface area contributed by atoms with Gasteiger partial charge in [0.15, 0.2) is 6.10 Å². The van der Waals surface area contributed by atoms with Crippen LogP contribution < -0.4 is 15.8 Å². The van der Waals surface area contributed by atoms with Gasteiger partial charge >= 0.3 is 11.9 Å². The maximum Gasteiger partial charge on any atom is 0.342 e. The maximum atomic E-state index is 12.6. The highest BCUT2D eigenvalue weighted by atomic mass is 16.5. The summed E-state index contributed by atoms with van der Waals surface area (Å²) in [7, 11) is 1.46. The van der Waals surface area contributed by atoms with E-state index >= 15 is 0 Å². The van der Waals surface area contributed by atoms with Gasteiger partial charge in [0.25, 0.3) is 5.91 Å². The van der Waals surface area contributed by atoms with Crippen LogP contribution in [-0.2, 0) is 20.7 Å². The van der Waals surface area contributed by atoms with E-state index in [0.29, 0.717) is 29.7 Å². The number of methoxy groups -OCH3 is 1. The standard InChI is InChI=1S/C21H30N2O8/c1-10(2)7-13(23-20(28)19(27)18(26)12(22)9-16(24)25)15-8-11-5-4-6-14(30-3)17(11)21(29)31-15/h4-6,10,12-13,15,18-19,26-27H,7-9,22H2,1-3H3,(H,23,28)(H,24,25)/t12?,13-,15?,18?,19-/m0/s1. The number of aliphatic hydroxyl groups is 2. The van der Waals surface area contributed by atoms with Crippen LogP contribution in [0.15, 0.2) is 18.2 Å². The minimum atomic E-state index is -1.93. The number of esters is 1. The number of aliphatic hydroxyl groups excluding tert-OH is 2. The van der Waals surface area contributed by atoms with Crippen molar-refractivity contribution in [1.29, 1.82) is 0 Å². The monoisotopic (exact) mass is 438 g/mol. The number of hydrogen-bond acceptors (Lipinski definition) is 8. The van der Waals surface area contributed by atoms with Gasteiger partial charge in [0.1, 0.15) is 23.5 Å². The summed E-state index contributed by atoms with van der Waals surface area (Å²) in [5.41, 5.74) is 6.61. The van der Waals surface area contributed by atoms with Crippen molar-refractivity contribution >= 4 is 17.8 Å². The molecule has 0 saturated heterocycles. The van der Waals surface area contributed by atoms with Crippen LogP contribution in [0.1, 0.15) is 42.6 Å². The Hall–Kier alpha value is -2.69. The van der Waals surface area contributed by atoms with Gasteiger partial charge in [0.05, 0.1) is 19.6 Å². The Labute approximate surface area is 180 Å². The number of nitrogens with two attached hydrogens (primary N) is 1. The molecule has 31 heavy (non-hydrogen) atoms. The van der Waals surface area contributed by atoms with Crippen molar-refractivity contribution in [3.8, 4) is 5.75 Å². The first-order valence-electron chi connectivity index (χ1n) is 10.1. The van der Waals surface area contributed by atoms with Crippen LogP contribution in [0.5, 0.6) is 5.75 Å². The summed E-state index contributed by atoms with van der Waals surface area (Å²) in [5, 5.41) is 31.6. The number of ether oxygens (including phenoxy) is 2. The lowest BCUT2D eigenvalue weighted by atomic mass is 9.90. The highest BCUT2D eigenvalue weighted by Gasteiger charge is 2.37. The van der Waals surface area contributed by atoms with Crippen molar-refractivity contribution in [2.45, 2.75) is 63.5 Å². The Balaban J connectivity index is 2.17. The summed E-state index contributed by atoms with van der Waals surface area (Å²) in [6, 6.07) is 3.23. The molecule has 0 aliphatic carbocycles. The first-order chi connectivity index (χ1) is 14.5. The third kappa shape index (κ3) is 6.16. The van der Waals surface area contributed by atoms with Crippen molar-refractivity contribution < 1.29 is 39.2 Å². The number of benzene rings is 1. The minimum absolute atomic E-state index is 0.118. The normalized spacial score (nSPS) is 19.6. The molecule has 1 aromatic rings. The summed E-state index contributed by atoms with van der Waals surface area (Å²) in [4.78, 5) is 35.9. The van der Waals surface area contributed by atoms with E-state index in [1.54, 1.807) is 18.2 Å². The Morgan fingerprint density at radius 1 is 1.32 bits per heavy atom. The zero-order chi connectivity index (χ0) is 23.3. The lowest BCUT2D eigenvalue weighted by Gasteiger charge is -2.34. The molecule has 172 valence electrons. The van der Waals surface area contributed by atoms with E-state index in [9.17, 15) is 24.6 Å². The van der Waals surface area contributed by atoms with E-state index in [4.69, 9.17) is 20.3 Å². The minimum Gasteiger partial charge on any atom is -0.496 e. The highest BCUT2D eigenvalue weighted by Crippen LogP contribution is 2.31. The zero-order valence-corrected chi connectivity index (χ0v) is 17.8. The quantitative estimate of drug-likeness (QED) is 0.311. The predicted octanol–water partition coefficient (Wildman–Crippen LogP) is -0.169. The molecule has 0 radical (unpaired) electrons. The summed E-state index contributed by atoms with van der Waals surface area (Å²) in [5.74, 6) is -2.24. The second-order valence-electron chi connectivity index (χ2n) is 8.08. The molecule has 0 fully saturated rings. The number of carbonyl (C=O) groups excluding carboxylic acids is 2. The average Bonchev–Trinajstić information content (AvgIpc) is 2.70. The van der Waals surface area contributed by atoms with Crippen LogP contribution in [0.2, 0.25) is 0 Å². The number of hydrogen-bond donors (Lipinski definition) is 5. The first kappa shape index (κ1) is 24.6. The van der Waals surface area contributed by atoms with Crippen molar-refractivity contribution in [1.82, 2.24) is 5.32 Å². The molecule has 6 N–H and O–H groups in total. The molecule has 0 bridgehead atoms. The third-order valence-electron chi connectivity index (χ3n) is 5.16. The maximum absolute atomic E-state index is 12.6. The number of fused-ring (bicyclic) bond motifs is 1. The van der Waals surface area contributed by atoms with Gasteiger partial charge in [0.2, 0.25) is 0 Å². The van der Waals surface area contributed by atoms with E-state index in [1.807, 2.05) is 13.8 Å². The SMILES string of the molecule is COc1cccc2c1C(=O)OC([C@H](CC(C)C)NC(=O)[C@@H](O)C(O)C(N)CC(=O)O)C2. The molecular formula is C21H30N2O8. The smallest absolute Gasteiger partial charge is 0.342 e. The van der Waals surface area contributed by atoms with Crippen LogP contribution in [0.25, 0.3) is 0 Å². The van der Waals surface area contributed by atoms with E-state index in [-0.39, 0.29) is 5.92 Å². The molecule has 10 nitrogen and oxygen atoms in total. The number of aliphatic carboxylic acids is 1. The molecular weight excluding hydrogens is 408 g/mol. The average molecular weight is 438 g/mol. The highest BCUT2D eigenvalue weighted by molar-refractivity contribution is 5.95. The van der Waals surface area contributed by atoms with E-state index < -0.39 is 54.7 Å². The molecule has 10 heteroatoms. The molecule has 1 amide bonds. The van der Waals surface area contributed by atoms with Crippen LogP contribution in [-0.4, -0.2) is 70.7 Å². The van der Waals surface area contributed by atoms with Gasteiger partial charge in [-0.3, -0.25) is 9.59 Å². The Morgan fingerprint density at radius 3 is 2.58 bits per heavy atom. The lowest BCUT2D eigenvalue weighted by molar-refractivity contribution is -0.142. The van der Waals surface area contributed by atoms with Crippen LogP contribution in [0, 0.1) is 5.92 Å². The van der Waals surface area contributed by atoms with Gasteiger partial charge in [-0.1, -0.05) is 26.0 Å². The van der Waals surface area contributed by atoms with Gasteiger partial charge in [-0.25, -0.2) is 4.79 Å². The Morgan fingerprint density at radius 2 is 2.00 bits per heavy atom. The lowest BCUT2D eigenvalue weighted by Crippen LogP contribution is -2.56. The number of amides is 1. The van der Waals surface area contributed by atoms with Gasteiger partial charge in [-0.2, -0.15) is 0 Å². The molecule has 1 heterocycles. The molecule has 1 aliphatic rings. The van der Waals surface area contributed by atoms with Gasteiger partial charge in [-0.05, 0) is 24.0 Å². The predicted molar refractivity (Wildman–Crippen MR) is 110 cm³/mol. The number of rotatable bonds is 10. The molecule has 5 atom stereocenters. The zero-order valence-electron chi connectivity index (χ0n) is 17.8. The molecule has 0 spiro atoms. The number of cyclic esters (lactones) is 1. The fourth-order valence-electron chi connectivity index (χ4n) is 3.62. The molecule has 1 aromatic carbocycles. The molecule has 0 saturated carbocycles. The topological polar surface area (TPSA) is 168 Å². The summed E-state index contributed by atoms with van der Waals surface area (Å²) < 4.78 is 10.8. The number of carbonyl (C=O) groups is 3. The van der Waals surface area contributed by atoms with Crippen molar-refractivity contribution in [3.63, 3.8) is 0 Å². The fourth-order valence-corrected chi connectivity index (χ4v) is 3.62. The van der Waals surface area contributed by atoms with E-state index in [0.717, 1.165) is 0 Å². The van der Waals surface area contributed by atoms with E-state index in [1.165, 1.54) is 7.11 Å². The second kappa shape index (κ2) is 10.6. The third-order valence-corrected chi connectivity index (χ3v) is 5.16. The van der Waals surface area contributed by atoms with Crippen molar-refractivity contribution in [2.75, 3.05) is 7.11 Å². The van der Waals surface area contributed by atoms with Crippen LogP contribution >= 0.6 is 0 Å². The molecule has 3 unspecified atom stereocenters.